The van der Waals surface area contributed by atoms with Gasteiger partial charge in [0.05, 0.1) is 0 Å². The van der Waals surface area contributed by atoms with E-state index in [2.05, 4.69) is 35.3 Å². The Morgan fingerprint density at radius 3 is 2.81 bits per heavy atom. The molecule has 1 unspecified atom stereocenters. The van der Waals surface area contributed by atoms with Crippen molar-refractivity contribution in [2.24, 2.45) is 0 Å². The first kappa shape index (κ1) is 10.0. The number of hydrogen-bond acceptors (Lipinski definition) is 2. The molecule has 1 saturated heterocycles. The minimum Gasteiger partial charge on any atom is -0.382 e. The van der Waals surface area contributed by atoms with E-state index in [1.54, 1.807) is 0 Å². The number of nitrogens with one attached hydrogen (secondary N) is 1. The highest BCUT2D eigenvalue weighted by molar-refractivity contribution is 5.64. The predicted octanol–water partition coefficient (Wildman–Crippen LogP) is 3.03. The molecule has 3 rings (SSSR count). The van der Waals surface area contributed by atoms with Gasteiger partial charge in [0.2, 0.25) is 0 Å². The molecule has 0 saturated carbocycles. The van der Waals surface area contributed by atoms with Gasteiger partial charge in [0.25, 0.3) is 0 Å². The lowest BCUT2D eigenvalue weighted by molar-refractivity contribution is 0.578. The molecule has 1 aromatic carbocycles. The first-order valence-corrected chi connectivity index (χ1v) is 6.47. The van der Waals surface area contributed by atoms with Crippen molar-refractivity contribution in [3.63, 3.8) is 0 Å². The Kier molecular flexibility index (Phi) is 2.50. The van der Waals surface area contributed by atoms with Crippen molar-refractivity contribution in [1.82, 2.24) is 0 Å². The molecular formula is C14H20N2. The van der Waals surface area contributed by atoms with Crippen LogP contribution in [0.4, 0.5) is 11.4 Å². The van der Waals surface area contributed by atoms with Crippen LogP contribution in [0.1, 0.15) is 31.7 Å². The molecule has 2 heterocycles. The van der Waals surface area contributed by atoms with Crippen LogP contribution in [0, 0.1) is 0 Å². The lowest BCUT2D eigenvalue weighted by Crippen LogP contribution is -2.29. The maximum Gasteiger partial charge on any atom is 0.0377 e. The summed E-state index contributed by atoms with van der Waals surface area (Å²) in [5, 5.41) is 3.51. The average Bonchev–Trinajstić information content (AvgIpc) is 2.69. The lowest BCUT2D eigenvalue weighted by atomic mass is 10.1. The summed E-state index contributed by atoms with van der Waals surface area (Å²) >= 11 is 0. The molecule has 86 valence electrons. The molecule has 1 atom stereocenters. The van der Waals surface area contributed by atoms with Crippen molar-refractivity contribution in [3.05, 3.63) is 23.8 Å². The highest BCUT2D eigenvalue weighted by Crippen LogP contribution is 2.30. The minimum atomic E-state index is 0.603. The van der Waals surface area contributed by atoms with Crippen LogP contribution in [0.25, 0.3) is 0 Å². The van der Waals surface area contributed by atoms with Gasteiger partial charge in [-0.3, -0.25) is 0 Å². The molecule has 2 aliphatic rings. The molecule has 0 amide bonds. The average molecular weight is 216 g/mol. The van der Waals surface area contributed by atoms with Gasteiger partial charge >= 0.3 is 0 Å². The minimum absolute atomic E-state index is 0.603. The van der Waals surface area contributed by atoms with Crippen molar-refractivity contribution in [3.8, 4) is 0 Å². The van der Waals surface area contributed by atoms with Gasteiger partial charge in [-0.05, 0) is 56.4 Å². The van der Waals surface area contributed by atoms with Gasteiger partial charge < -0.3 is 10.2 Å². The van der Waals surface area contributed by atoms with E-state index in [1.807, 2.05) is 0 Å². The van der Waals surface area contributed by atoms with Crippen molar-refractivity contribution in [2.75, 3.05) is 23.3 Å². The van der Waals surface area contributed by atoms with Gasteiger partial charge in [0.1, 0.15) is 0 Å². The predicted molar refractivity (Wildman–Crippen MR) is 69.3 cm³/mol. The maximum absolute atomic E-state index is 3.51. The smallest absolute Gasteiger partial charge is 0.0377 e. The Morgan fingerprint density at radius 2 is 2.00 bits per heavy atom. The van der Waals surface area contributed by atoms with E-state index in [0.717, 1.165) is 0 Å². The first-order valence-electron chi connectivity index (χ1n) is 6.47. The summed E-state index contributed by atoms with van der Waals surface area (Å²) in [5.74, 6) is 0. The summed E-state index contributed by atoms with van der Waals surface area (Å²) in [4.78, 5) is 2.53. The van der Waals surface area contributed by atoms with Crippen LogP contribution in [-0.4, -0.2) is 19.1 Å². The standard InChI is InChI=1S/C14H20N2/c1-11-9-12-10-13(5-6-14(12)15-11)16-7-3-2-4-8-16/h5-6,10-11,15H,2-4,7-9H2,1H3. The van der Waals surface area contributed by atoms with E-state index >= 15 is 0 Å². The number of nitrogens with zero attached hydrogens (tertiary/aromatic N) is 1. The molecule has 1 N–H and O–H groups in total. The Labute approximate surface area is 97.6 Å². The van der Waals surface area contributed by atoms with Crippen LogP contribution < -0.4 is 10.2 Å². The Hall–Kier alpha value is -1.18. The number of benzene rings is 1. The third-order valence-corrected chi connectivity index (χ3v) is 3.74. The van der Waals surface area contributed by atoms with Crippen molar-refractivity contribution >= 4 is 11.4 Å². The molecule has 0 aliphatic carbocycles. The monoisotopic (exact) mass is 216 g/mol. The summed E-state index contributed by atoms with van der Waals surface area (Å²) in [5.41, 5.74) is 4.26. The molecule has 2 heteroatoms. The number of hydrogen-bond donors (Lipinski definition) is 1. The Bertz CT molecular complexity index is 380. The Morgan fingerprint density at radius 1 is 1.19 bits per heavy atom. The van der Waals surface area contributed by atoms with Gasteiger partial charge in [0, 0.05) is 30.5 Å². The van der Waals surface area contributed by atoms with Crippen LogP contribution in [0.5, 0.6) is 0 Å². The molecule has 2 nitrogen and oxygen atoms in total. The summed E-state index contributed by atoms with van der Waals surface area (Å²) in [7, 11) is 0. The van der Waals surface area contributed by atoms with Crippen LogP contribution in [0.3, 0.4) is 0 Å². The fourth-order valence-corrected chi connectivity index (χ4v) is 2.88. The van der Waals surface area contributed by atoms with Gasteiger partial charge in [0.15, 0.2) is 0 Å². The summed E-state index contributed by atoms with van der Waals surface area (Å²) in [6.07, 6.45) is 5.29. The highest BCUT2D eigenvalue weighted by atomic mass is 15.1. The van der Waals surface area contributed by atoms with E-state index in [0.29, 0.717) is 6.04 Å². The van der Waals surface area contributed by atoms with Gasteiger partial charge in [-0.2, -0.15) is 0 Å². The lowest BCUT2D eigenvalue weighted by Gasteiger charge is -2.29. The van der Waals surface area contributed by atoms with Gasteiger partial charge in [-0.1, -0.05) is 0 Å². The molecule has 0 spiro atoms. The molecule has 2 aliphatic heterocycles. The second-order valence-corrected chi connectivity index (χ2v) is 5.14. The van der Waals surface area contributed by atoms with E-state index in [1.165, 1.54) is 55.7 Å². The van der Waals surface area contributed by atoms with E-state index in [4.69, 9.17) is 0 Å². The Balaban J connectivity index is 1.84. The second kappa shape index (κ2) is 4.00. The number of anilines is 2. The van der Waals surface area contributed by atoms with E-state index in [9.17, 15) is 0 Å². The fraction of sp³-hybridized carbons (Fsp3) is 0.571. The van der Waals surface area contributed by atoms with Gasteiger partial charge in [-0.15, -0.1) is 0 Å². The van der Waals surface area contributed by atoms with Crippen LogP contribution >= 0.6 is 0 Å². The zero-order valence-corrected chi connectivity index (χ0v) is 10.00. The van der Waals surface area contributed by atoms with Crippen molar-refractivity contribution in [2.45, 2.75) is 38.6 Å². The van der Waals surface area contributed by atoms with E-state index < -0.39 is 0 Å². The van der Waals surface area contributed by atoms with Crippen LogP contribution in [-0.2, 0) is 6.42 Å². The van der Waals surface area contributed by atoms with Crippen molar-refractivity contribution in [1.29, 1.82) is 0 Å². The largest absolute Gasteiger partial charge is 0.382 e. The maximum atomic E-state index is 3.51. The SMILES string of the molecule is CC1Cc2cc(N3CCCCC3)ccc2N1. The van der Waals surface area contributed by atoms with Crippen LogP contribution in [0.2, 0.25) is 0 Å². The summed E-state index contributed by atoms with van der Waals surface area (Å²) in [6.45, 7) is 4.73. The molecular weight excluding hydrogens is 196 g/mol. The van der Waals surface area contributed by atoms with Crippen LogP contribution in [0.15, 0.2) is 18.2 Å². The third-order valence-electron chi connectivity index (χ3n) is 3.74. The quantitative estimate of drug-likeness (QED) is 0.776. The molecule has 0 bridgehead atoms. The molecule has 1 aromatic rings. The molecule has 1 fully saturated rings. The molecule has 0 aromatic heterocycles. The number of piperidine rings is 1. The third kappa shape index (κ3) is 1.77. The van der Waals surface area contributed by atoms with E-state index in [-0.39, 0.29) is 0 Å². The normalized spacial score (nSPS) is 24.1. The fourth-order valence-electron chi connectivity index (χ4n) is 2.88. The number of fused-ring (bicyclic) bond motifs is 1. The number of rotatable bonds is 1. The second-order valence-electron chi connectivity index (χ2n) is 5.14. The van der Waals surface area contributed by atoms with Crippen molar-refractivity contribution < 1.29 is 0 Å². The summed E-state index contributed by atoms with van der Waals surface area (Å²) in [6, 6.07) is 7.52. The zero-order valence-electron chi connectivity index (χ0n) is 10.00. The summed E-state index contributed by atoms with van der Waals surface area (Å²) < 4.78 is 0. The first-order chi connectivity index (χ1) is 7.83. The van der Waals surface area contributed by atoms with Gasteiger partial charge in [-0.25, -0.2) is 0 Å². The highest BCUT2D eigenvalue weighted by Gasteiger charge is 2.18. The molecule has 0 radical (unpaired) electrons. The zero-order chi connectivity index (χ0) is 11.0. The topological polar surface area (TPSA) is 15.3 Å². The molecule has 16 heavy (non-hydrogen) atoms.